The minimum atomic E-state index is 0.622. The highest BCUT2D eigenvalue weighted by molar-refractivity contribution is 4.48. The van der Waals surface area contributed by atoms with Crippen LogP contribution in [0.2, 0.25) is 0 Å². The largest absolute Gasteiger partial charge is 0.382 e. The van der Waals surface area contributed by atoms with Gasteiger partial charge in [0.05, 0.1) is 59.8 Å². The number of quaternary nitrogens is 1. The molecule has 1 aliphatic heterocycles. The molecule has 0 amide bonds. The second kappa shape index (κ2) is 9.69. The highest BCUT2D eigenvalue weighted by atomic mass is 16.6. The van der Waals surface area contributed by atoms with Gasteiger partial charge in [0.1, 0.15) is 0 Å². The molecule has 0 aromatic carbocycles. The van der Waals surface area contributed by atoms with E-state index in [1.807, 2.05) is 0 Å². The van der Waals surface area contributed by atoms with Crippen molar-refractivity contribution in [1.29, 1.82) is 0 Å². The number of likely N-dealkylation sites (tertiary alicyclic amines) is 1. The number of methoxy groups -OCH3 is 1. The molecule has 0 saturated carbocycles. The van der Waals surface area contributed by atoms with Gasteiger partial charge < -0.3 is 23.4 Å². The third-order valence-electron chi connectivity index (χ3n) is 3.22. The van der Waals surface area contributed by atoms with Crippen molar-refractivity contribution in [3.8, 4) is 0 Å². The first-order chi connectivity index (χ1) is 8.77. The molecule has 108 valence electrons. The Bertz CT molecular complexity index is 195. The molecule has 0 aliphatic carbocycles. The predicted octanol–water partition coefficient (Wildman–Crippen LogP) is 0.881. The van der Waals surface area contributed by atoms with Crippen LogP contribution in [0, 0.1) is 0 Å². The van der Waals surface area contributed by atoms with Crippen LogP contribution in [-0.2, 0) is 18.9 Å². The Kier molecular flexibility index (Phi) is 8.54. The molecule has 0 unspecified atom stereocenters. The van der Waals surface area contributed by atoms with Gasteiger partial charge in [-0.15, -0.1) is 0 Å². The first-order valence-corrected chi connectivity index (χ1v) is 6.82. The van der Waals surface area contributed by atoms with Gasteiger partial charge in [0.2, 0.25) is 0 Å². The normalized spacial score (nSPS) is 18.3. The van der Waals surface area contributed by atoms with E-state index in [4.69, 9.17) is 18.9 Å². The van der Waals surface area contributed by atoms with Crippen molar-refractivity contribution < 1.29 is 23.4 Å². The van der Waals surface area contributed by atoms with Crippen molar-refractivity contribution >= 4 is 0 Å². The summed E-state index contributed by atoms with van der Waals surface area (Å²) in [5, 5.41) is 0. The van der Waals surface area contributed by atoms with Crippen LogP contribution in [0.15, 0.2) is 0 Å². The molecule has 1 fully saturated rings. The molecule has 5 nitrogen and oxygen atoms in total. The Morgan fingerprint density at radius 1 is 0.778 bits per heavy atom. The Balaban J connectivity index is 1.78. The number of nitrogens with zero attached hydrogens (tertiary/aromatic N) is 1. The lowest BCUT2D eigenvalue weighted by atomic mass is 10.4. The van der Waals surface area contributed by atoms with Crippen LogP contribution in [-0.4, -0.2) is 78.1 Å². The van der Waals surface area contributed by atoms with Crippen molar-refractivity contribution in [2.75, 3.05) is 73.6 Å². The second-order valence-corrected chi connectivity index (χ2v) is 5.03. The van der Waals surface area contributed by atoms with Gasteiger partial charge in [-0.2, -0.15) is 0 Å². The summed E-state index contributed by atoms with van der Waals surface area (Å²) in [7, 11) is 3.93. The molecule has 0 N–H and O–H groups in total. The lowest BCUT2D eigenvalue weighted by molar-refractivity contribution is -0.916. The van der Waals surface area contributed by atoms with Gasteiger partial charge >= 0.3 is 0 Å². The highest BCUT2D eigenvalue weighted by Crippen LogP contribution is 2.15. The predicted molar refractivity (Wildman–Crippen MR) is 69.5 cm³/mol. The second-order valence-electron chi connectivity index (χ2n) is 5.03. The molecule has 0 spiro atoms. The minimum absolute atomic E-state index is 0.622. The van der Waals surface area contributed by atoms with Gasteiger partial charge in [-0.05, 0) is 0 Å². The van der Waals surface area contributed by atoms with Crippen molar-refractivity contribution in [2.45, 2.75) is 12.8 Å². The zero-order chi connectivity index (χ0) is 13.1. The van der Waals surface area contributed by atoms with E-state index in [0.717, 1.165) is 11.2 Å². The summed E-state index contributed by atoms with van der Waals surface area (Å²) in [6.45, 7) is 7.14. The molecule has 1 saturated heterocycles. The first-order valence-electron chi connectivity index (χ1n) is 6.82. The number of ether oxygens (including phenoxy) is 4. The van der Waals surface area contributed by atoms with E-state index in [-0.39, 0.29) is 0 Å². The summed E-state index contributed by atoms with van der Waals surface area (Å²) in [4.78, 5) is 0. The van der Waals surface area contributed by atoms with Crippen molar-refractivity contribution in [3.63, 3.8) is 0 Å². The van der Waals surface area contributed by atoms with Gasteiger partial charge in [-0.1, -0.05) is 0 Å². The van der Waals surface area contributed by atoms with Gasteiger partial charge in [-0.3, -0.25) is 0 Å². The van der Waals surface area contributed by atoms with E-state index in [0.29, 0.717) is 39.6 Å². The van der Waals surface area contributed by atoms with Crippen LogP contribution >= 0.6 is 0 Å². The number of hydrogen-bond acceptors (Lipinski definition) is 4. The zero-order valence-electron chi connectivity index (χ0n) is 11.9. The highest BCUT2D eigenvalue weighted by Gasteiger charge is 2.26. The fraction of sp³-hybridized carbons (Fsp3) is 1.00. The molecule has 1 rings (SSSR count). The maximum atomic E-state index is 5.65. The van der Waals surface area contributed by atoms with E-state index >= 15 is 0 Å². The van der Waals surface area contributed by atoms with Crippen LogP contribution in [0.1, 0.15) is 12.8 Å². The van der Waals surface area contributed by atoms with Gasteiger partial charge in [0.25, 0.3) is 0 Å². The quantitative estimate of drug-likeness (QED) is 0.409. The van der Waals surface area contributed by atoms with E-state index < -0.39 is 0 Å². The van der Waals surface area contributed by atoms with Crippen LogP contribution in [0.25, 0.3) is 0 Å². The summed E-state index contributed by atoms with van der Waals surface area (Å²) in [5.41, 5.74) is 0. The molecule has 0 atom stereocenters. The lowest BCUT2D eigenvalue weighted by Crippen LogP contribution is -2.42. The van der Waals surface area contributed by atoms with E-state index in [2.05, 4.69) is 7.05 Å². The third kappa shape index (κ3) is 7.28. The zero-order valence-corrected chi connectivity index (χ0v) is 11.9. The summed E-state index contributed by atoms with van der Waals surface area (Å²) >= 11 is 0. The minimum Gasteiger partial charge on any atom is -0.382 e. The van der Waals surface area contributed by atoms with Crippen molar-refractivity contribution in [3.05, 3.63) is 0 Å². The van der Waals surface area contributed by atoms with Crippen LogP contribution in [0.4, 0.5) is 0 Å². The summed E-state index contributed by atoms with van der Waals surface area (Å²) in [6, 6.07) is 0. The lowest BCUT2D eigenvalue weighted by Gasteiger charge is -2.28. The van der Waals surface area contributed by atoms with E-state index in [1.54, 1.807) is 7.11 Å². The monoisotopic (exact) mass is 262 g/mol. The smallest absolute Gasteiger partial charge is 0.183 e. The fourth-order valence-electron chi connectivity index (χ4n) is 2.09. The topological polar surface area (TPSA) is 36.9 Å². The molecule has 18 heavy (non-hydrogen) atoms. The SMILES string of the molecule is COCCOCCOCCOC[N+]1(C)CCCC1. The molecule has 0 bridgehead atoms. The van der Waals surface area contributed by atoms with Gasteiger partial charge in [0.15, 0.2) is 6.73 Å². The third-order valence-corrected chi connectivity index (χ3v) is 3.22. The molecule has 0 radical (unpaired) electrons. The molecule has 5 heteroatoms. The van der Waals surface area contributed by atoms with Crippen LogP contribution in [0.3, 0.4) is 0 Å². The number of hydrogen-bond donors (Lipinski definition) is 0. The molecular formula is C13H28NO4+. The van der Waals surface area contributed by atoms with Gasteiger partial charge in [0, 0.05) is 20.0 Å². The summed E-state index contributed by atoms with van der Waals surface area (Å²) in [5.74, 6) is 0. The van der Waals surface area contributed by atoms with Crippen LogP contribution in [0.5, 0.6) is 0 Å². The average Bonchev–Trinajstić information content (AvgIpc) is 2.79. The molecule has 0 aromatic rings. The Hall–Kier alpha value is -0.200. The summed E-state index contributed by atoms with van der Waals surface area (Å²) < 4.78 is 22.3. The van der Waals surface area contributed by atoms with Gasteiger partial charge in [-0.25, -0.2) is 0 Å². The van der Waals surface area contributed by atoms with Crippen LogP contribution < -0.4 is 0 Å². The molecule has 1 heterocycles. The Labute approximate surface area is 111 Å². The van der Waals surface area contributed by atoms with E-state index in [1.165, 1.54) is 25.9 Å². The molecular weight excluding hydrogens is 234 g/mol. The Morgan fingerprint density at radius 2 is 1.28 bits per heavy atom. The fourth-order valence-corrected chi connectivity index (χ4v) is 2.09. The molecule has 1 aliphatic rings. The molecule has 0 aromatic heterocycles. The Morgan fingerprint density at radius 3 is 1.83 bits per heavy atom. The summed E-state index contributed by atoms with van der Waals surface area (Å²) in [6.07, 6.45) is 2.66. The maximum Gasteiger partial charge on any atom is 0.183 e. The maximum absolute atomic E-state index is 5.65. The van der Waals surface area contributed by atoms with E-state index in [9.17, 15) is 0 Å². The van der Waals surface area contributed by atoms with Crippen molar-refractivity contribution in [1.82, 2.24) is 0 Å². The first kappa shape index (κ1) is 15.9. The number of rotatable bonds is 11. The van der Waals surface area contributed by atoms with Crippen molar-refractivity contribution in [2.24, 2.45) is 0 Å². The average molecular weight is 262 g/mol. The standard InChI is InChI=1S/C13H28NO4/c1-14(5-3-4-6-14)13-18-12-11-17-10-9-16-8-7-15-2/h3-13H2,1-2H3/q+1.